The van der Waals surface area contributed by atoms with Crippen LogP contribution in [0.25, 0.3) is 32.9 Å². The molecular weight excluding hydrogens is 428 g/mol. The summed E-state index contributed by atoms with van der Waals surface area (Å²) >= 11 is 1.61. The minimum absolute atomic E-state index is 0.00967. The Kier molecular flexibility index (Phi) is 5.56. The van der Waals surface area contributed by atoms with Crippen LogP contribution in [-0.4, -0.2) is 4.98 Å². The van der Waals surface area contributed by atoms with Gasteiger partial charge in [0.2, 0.25) is 0 Å². The average molecular weight is 453 g/mol. The second-order valence-electron chi connectivity index (χ2n) is 8.23. The zero-order valence-corrected chi connectivity index (χ0v) is 19.6. The normalized spacial score (nSPS) is 12.1. The minimum Gasteiger partial charge on any atom is -0.455 e. The molecule has 0 radical (unpaired) electrons. The van der Waals surface area contributed by atoms with E-state index in [9.17, 15) is 4.79 Å². The first-order valence-corrected chi connectivity index (χ1v) is 11.8. The first kappa shape index (κ1) is 21.2. The lowest BCUT2D eigenvalue weighted by molar-refractivity contribution is 0.605. The van der Waals surface area contributed by atoms with Gasteiger partial charge in [-0.25, -0.2) is 4.98 Å². The average Bonchev–Trinajstić information content (AvgIpc) is 3.37. The van der Waals surface area contributed by atoms with E-state index in [0.717, 1.165) is 32.9 Å². The number of rotatable bonds is 5. The van der Waals surface area contributed by atoms with Crippen molar-refractivity contribution in [2.45, 2.75) is 26.8 Å². The van der Waals surface area contributed by atoms with Crippen molar-refractivity contribution < 1.29 is 4.42 Å². The summed E-state index contributed by atoms with van der Waals surface area (Å²) in [6, 6.07) is 21.9. The molecule has 2 aromatic heterocycles. The number of para-hydroxylation sites is 1. The number of fused-ring (bicyclic) bond motifs is 1. The SMILES string of the molecule is Cc1cc([C@@H](C)Nc2ccccc2-c2nccs2)c2oc(-c3ccccc3)c(C)c(=O)c2c1. The van der Waals surface area contributed by atoms with Crippen LogP contribution in [0.3, 0.4) is 0 Å². The van der Waals surface area contributed by atoms with Crippen molar-refractivity contribution in [2.24, 2.45) is 0 Å². The zero-order chi connectivity index (χ0) is 22.9. The number of anilines is 1. The summed E-state index contributed by atoms with van der Waals surface area (Å²) in [4.78, 5) is 17.8. The van der Waals surface area contributed by atoms with Gasteiger partial charge in [-0.1, -0.05) is 48.5 Å². The van der Waals surface area contributed by atoms with Crippen molar-refractivity contribution in [1.82, 2.24) is 4.98 Å². The molecule has 164 valence electrons. The van der Waals surface area contributed by atoms with Crippen LogP contribution in [0.5, 0.6) is 0 Å². The van der Waals surface area contributed by atoms with E-state index in [1.807, 2.05) is 74.0 Å². The summed E-state index contributed by atoms with van der Waals surface area (Å²) in [5.41, 5.74) is 6.19. The molecular formula is C28H24N2O2S. The number of hydrogen-bond donors (Lipinski definition) is 1. The van der Waals surface area contributed by atoms with Gasteiger partial charge in [-0.2, -0.15) is 0 Å². The van der Waals surface area contributed by atoms with Gasteiger partial charge in [-0.3, -0.25) is 4.79 Å². The van der Waals surface area contributed by atoms with E-state index in [1.54, 1.807) is 11.3 Å². The molecule has 0 fully saturated rings. The van der Waals surface area contributed by atoms with Gasteiger partial charge in [-0.05, 0) is 44.5 Å². The van der Waals surface area contributed by atoms with Crippen molar-refractivity contribution in [2.75, 3.05) is 5.32 Å². The molecule has 5 aromatic rings. The Morgan fingerprint density at radius 2 is 1.76 bits per heavy atom. The largest absolute Gasteiger partial charge is 0.455 e. The Morgan fingerprint density at radius 3 is 2.52 bits per heavy atom. The highest BCUT2D eigenvalue weighted by molar-refractivity contribution is 7.13. The maximum atomic E-state index is 13.3. The molecule has 0 bridgehead atoms. The van der Waals surface area contributed by atoms with E-state index in [2.05, 4.69) is 35.4 Å². The molecule has 5 rings (SSSR count). The summed E-state index contributed by atoms with van der Waals surface area (Å²) in [5, 5.41) is 7.19. The first-order valence-electron chi connectivity index (χ1n) is 10.9. The van der Waals surface area contributed by atoms with Gasteiger partial charge >= 0.3 is 0 Å². The number of aromatic nitrogens is 1. The van der Waals surface area contributed by atoms with Crippen molar-refractivity contribution in [1.29, 1.82) is 0 Å². The molecule has 0 spiro atoms. The Hall–Kier alpha value is -3.70. The van der Waals surface area contributed by atoms with Crippen molar-refractivity contribution >= 4 is 28.0 Å². The van der Waals surface area contributed by atoms with E-state index < -0.39 is 0 Å². The number of benzene rings is 3. The van der Waals surface area contributed by atoms with Crippen LogP contribution in [0.2, 0.25) is 0 Å². The minimum atomic E-state index is -0.0945. The Bertz CT molecular complexity index is 1490. The molecule has 0 saturated heterocycles. The van der Waals surface area contributed by atoms with Gasteiger partial charge in [0.05, 0.1) is 11.4 Å². The second kappa shape index (κ2) is 8.68. The third-order valence-corrected chi connectivity index (χ3v) is 6.66. The lowest BCUT2D eigenvalue weighted by Gasteiger charge is -2.20. The van der Waals surface area contributed by atoms with E-state index in [0.29, 0.717) is 22.3 Å². The molecule has 1 atom stereocenters. The molecule has 5 heteroatoms. The van der Waals surface area contributed by atoms with E-state index >= 15 is 0 Å². The lowest BCUT2D eigenvalue weighted by atomic mass is 9.98. The van der Waals surface area contributed by atoms with Gasteiger partial charge < -0.3 is 9.73 Å². The van der Waals surface area contributed by atoms with Gasteiger partial charge in [0, 0.05) is 39.5 Å². The highest BCUT2D eigenvalue weighted by Crippen LogP contribution is 2.35. The monoisotopic (exact) mass is 452 g/mol. The third-order valence-electron chi connectivity index (χ3n) is 5.86. The number of hydrogen-bond acceptors (Lipinski definition) is 5. The lowest BCUT2D eigenvalue weighted by Crippen LogP contribution is -2.12. The molecule has 0 saturated carbocycles. The molecule has 4 nitrogen and oxygen atoms in total. The number of aryl methyl sites for hydroxylation is 1. The molecule has 0 amide bonds. The van der Waals surface area contributed by atoms with E-state index in [1.165, 1.54) is 0 Å². The Balaban J connectivity index is 1.64. The maximum Gasteiger partial charge on any atom is 0.196 e. The Labute approximate surface area is 196 Å². The maximum absolute atomic E-state index is 13.3. The summed E-state index contributed by atoms with van der Waals surface area (Å²) in [5.74, 6) is 0.619. The predicted molar refractivity (Wildman–Crippen MR) is 137 cm³/mol. The first-order chi connectivity index (χ1) is 16.0. The van der Waals surface area contributed by atoms with Gasteiger partial charge in [0.15, 0.2) is 5.43 Å². The van der Waals surface area contributed by atoms with Crippen LogP contribution in [-0.2, 0) is 0 Å². The second-order valence-corrected chi connectivity index (χ2v) is 9.13. The summed E-state index contributed by atoms with van der Waals surface area (Å²) in [6.45, 7) is 5.94. The van der Waals surface area contributed by atoms with Gasteiger partial charge in [0.1, 0.15) is 16.4 Å². The zero-order valence-electron chi connectivity index (χ0n) is 18.8. The van der Waals surface area contributed by atoms with Gasteiger partial charge in [-0.15, -0.1) is 11.3 Å². The predicted octanol–water partition coefficient (Wildman–Crippen LogP) is 7.37. The standard InChI is InChI=1S/C28H24N2O2S/c1-17-15-22(19(3)30-24-12-8-7-11-21(24)28-29-13-14-33-28)27-23(16-17)25(31)18(2)26(32-27)20-9-5-4-6-10-20/h4-16,19,30H,1-3H3/t19-/m1/s1. The smallest absolute Gasteiger partial charge is 0.196 e. The molecule has 33 heavy (non-hydrogen) atoms. The van der Waals surface area contributed by atoms with Crippen molar-refractivity contribution in [3.8, 4) is 21.9 Å². The van der Waals surface area contributed by atoms with E-state index in [4.69, 9.17) is 4.42 Å². The van der Waals surface area contributed by atoms with Gasteiger partial charge in [0.25, 0.3) is 0 Å². The van der Waals surface area contributed by atoms with Crippen LogP contribution >= 0.6 is 11.3 Å². The fourth-order valence-electron chi connectivity index (χ4n) is 4.22. The number of nitrogens with one attached hydrogen (secondary N) is 1. The molecule has 0 aliphatic heterocycles. The highest BCUT2D eigenvalue weighted by atomic mass is 32.1. The topological polar surface area (TPSA) is 55.1 Å². The number of nitrogens with zero attached hydrogens (tertiary/aromatic N) is 1. The molecule has 1 N–H and O–H groups in total. The summed E-state index contributed by atoms with van der Waals surface area (Å²) in [7, 11) is 0. The van der Waals surface area contributed by atoms with Crippen LogP contribution in [0.15, 0.2) is 87.5 Å². The quantitative estimate of drug-likeness (QED) is 0.302. The fourth-order valence-corrected chi connectivity index (χ4v) is 4.89. The molecule has 3 aromatic carbocycles. The fraction of sp³-hybridized carbons (Fsp3) is 0.143. The molecule has 2 heterocycles. The highest BCUT2D eigenvalue weighted by Gasteiger charge is 2.19. The van der Waals surface area contributed by atoms with E-state index in [-0.39, 0.29) is 11.5 Å². The van der Waals surface area contributed by atoms with Crippen molar-refractivity contribution in [3.63, 3.8) is 0 Å². The third kappa shape index (κ3) is 3.96. The molecule has 0 aliphatic carbocycles. The summed E-state index contributed by atoms with van der Waals surface area (Å²) < 4.78 is 6.46. The Morgan fingerprint density at radius 1 is 1.00 bits per heavy atom. The van der Waals surface area contributed by atoms with Crippen LogP contribution in [0, 0.1) is 13.8 Å². The van der Waals surface area contributed by atoms with Crippen molar-refractivity contribution in [3.05, 3.63) is 105 Å². The number of thiazole rings is 1. The molecule has 0 unspecified atom stereocenters. The summed E-state index contributed by atoms with van der Waals surface area (Å²) in [6.07, 6.45) is 1.82. The van der Waals surface area contributed by atoms with Crippen LogP contribution in [0.1, 0.15) is 29.7 Å². The van der Waals surface area contributed by atoms with Crippen LogP contribution < -0.4 is 10.7 Å². The molecule has 0 aliphatic rings. The van der Waals surface area contributed by atoms with Crippen LogP contribution in [0.4, 0.5) is 5.69 Å².